The molecule has 1 aromatic carbocycles. The molecule has 0 amide bonds. The number of rotatable bonds is 3. The van der Waals surface area contributed by atoms with Crippen LogP contribution in [0.3, 0.4) is 0 Å². The van der Waals surface area contributed by atoms with Crippen LogP contribution in [0.2, 0.25) is 0 Å². The molecule has 3 aromatic heterocycles. The first-order valence-corrected chi connectivity index (χ1v) is 10.1. The first-order valence-electron chi connectivity index (χ1n) is 9.23. The summed E-state index contributed by atoms with van der Waals surface area (Å²) in [5.41, 5.74) is 8.17. The maximum Gasteiger partial charge on any atom is 0.0883 e. The third-order valence-electron chi connectivity index (χ3n) is 5.57. The Bertz CT molecular complexity index is 1060. The van der Waals surface area contributed by atoms with E-state index in [9.17, 15) is 0 Å². The zero-order valence-corrected chi connectivity index (χ0v) is 15.7. The summed E-state index contributed by atoms with van der Waals surface area (Å²) in [5.74, 6) is 0.575. The summed E-state index contributed by atoms with van der Waals surface area (Å²) in [6.07, 6.45) is 4.39. The molecule has 4 nitrogen and oxygen atoms in total. The molecule has 0 bridgehead atoms. The van der Waals surface area contributed by atoms with E-state index in [1.807, 2.05) is 17.8 Å². The molecule has 0 N–H and O–H groups in total. The number of fused-ring (bicyclic) bond motifs is 2. The highest BCUT2D eigenvalue weighted by atomic mass is 32.1. The Morgan fingerprint density at radius 1 is 1.15 bits per heavy atom. The summed E-state index contributed by atoms with van der Waals surface area (Å²) < 4.78 is 3.60. The molecule has 1 fully saturated rings. The fourth-order valence-electron chi connectivity index (χ4n) is 4.27. The van der Waals surface area contributed by atoms with Crippen molar-refractivity contribution >= 4 is 32.6 Å². The van der Waals surface area contributed by atoms with Gasteiger partial charge in [-0.25, -0.2) is 4.98 Å². The minimum absolute atomic E-state index is 0.575. The molecule has 4 heterocycles. The molecule has 0 aliphatic carbocycles. The molecule has 0 radical (unpaired) electrons. The van der Waals surface area contributed by atoms with E-state index in [0.29, 0.717) is 5.92 Å². The van der Waals surface area contributed by atoms with Gasteiger partial charge in [0.25, 0.3) is 0 Å². The SMILES string of the molecule is Cn1c(C2CCCN(Cc3ccc4scnc4c3)C2)cc2ncccc21. The van der Waals surface area contributed by atoms with Crippen LogP contribution in [0, 0.1) is 0 Å². The van der Waals surface area contributed by atoms with Crippen molar-refractivity contribution in [2.45, 2.75) is 25.3 Å². The largest absolute Gasteiger partial charge is 0.346 e. The number of likely N-dealkylation sites (tertiary alicyclic amines) is 1. The van der Waals surface area contributed by atoms with Crippen LogP contribution in [0.5, 0.6) is 0 Å². The zero-order chi connectivity index (χ0) is 17.5. The van der Waals surface area contributed by atoms with Gasteiger partial charge in [-0.15, -0.1) is 11.3 Å². The summed E-state index contributed by atoms with van der Waals surface area (Å²) >= 11 is 1.71. The number of hydrogen-bond acceptors (Lipinski definition) is 4. The number of aromatic nitrogens is 3. The van der Waals surface area contributed by atoms with E-state index in [1.54, 1.807) is 11.3 Å². The van der Waals surface area contributed by atoms with E-state index < -0.39 is 0 Å². The van der Waals surface area contributed by atoms with Gasteiger partial charge in [0.1, 0.15) is 0 Å². The molecule has 1 atom stereocenters. The van der Waals surface area contributed by atoms with Gasteiger partial charge in [0.05, 0.1) is 26.8 Å². The quantitative estimate of drug-likeness (QED) is 0.536. The predicted octanol–water partition coefficient (Wildman–Crippen LogP) is 4.56. The average Bonchev–Trinajstić information content (AvgIpc) is 3.26. The zero-order valence-electron chi connectivity index (χ0n) is 14.9. The van der Waals surface area contributed by atoms with Crippen molar-refractivity contribution in [1.82, 2.24) is 19.4 Å². The lowest BCUT2D eigenvalue weighted by Gasteiger charge is -2.33. The van der Waals surface area contributed by atoms with Crippen molar-refractivity contribution in [1.29, 1.82) is 0 Å². The normalized spacial score (nSPS) is 18.7. The first-order chi connectivity index (χ1) is 12.8. The van der Waals surface area contributed by atoms with Gasteiger partial charge in [0.15, 0.2) is 0 Å². The summed E-state index contributed by atoms with van der Waals surface area (Å²) in [4.78, 5) is 11.6. The van der Waals surface area contributed by atoms with Crippen LogP contribution in [0.4, 0.5) is 0 Å². The van der Waals surface area contributed by atoms with E-state index in [2.05, 4.69) is 56.8 Å². The van der Waals surface area contributed by atoms with Crippen LogP contribution in [0.25, 0.3) is 21.3 Å². The van der Waals surface area contributed by atoms with E-state index in [1.165, 1.54) is 40.9 Å². The van der Waals surface area contributed by atoms with Gasteiger partial charge in [0, 0.05) is 37.9 Å². The predicted molar refractivity (Wildman–Crippen MR) is 108 cm³/mol. The molecule has 1 unspecified atom stereocenters. The number of hydrogen-bond donors (Lipinski definition) is 0. The standard InChI is InChI=1S/C21H22N4S/c1-24-19-5-2-8-22-17(19)11-20(24)16-4-3-9-25(13-16)12-15-6-7-21-18(10-15)23-14-26-21/h2,5-8,10-11,14,16H,3-4,9,12-13H2,1H3. The topological polar surface area (TPSA) is 34.0 Å². The van der Waals surface area contributed by atoms with E-state index in [-0.39, 0.29) is 0 Å². The molecule has 0 saturated carbocycles. The molecule has 1 saturated heterocycles. The smallest absolute Gasteiger partial charge is 0.0883 e. The Morgan fingerprint density at radius 3 is 3.04 bits per heavy atom. The van der Waals surface area contributed by atoms with Crippen molar-refractivity contribution in [3.63, 3.8) is 0 Å². The van der Waals surface area contributed by atoms with E-state index in [0.717, 1.165) is 24.1 Å². The number of pyridine rings is 1. The molecule has 5 rings (SSSR count). The third-order valence-corrected chi connectivity index (χ3v) is 6.38. The van der Waals surface area contributed by atoms with Gasteiger partial charge >= 0.3 is 0 Å². The minimum Gasteiger partial charge on any atom is -0.346 e. The summed E-state index contributed by atoms with van der Waals surface area (Å²) in [6, 6.07) is 13.2. The molecule has 26 heavy (non-hydrogen) atoms. The fourth-order valence-corrected chi connectivity index (χ4v) is 4.93. The molecule has 1 aliphatic heterocycles. The van der Waals surface area contributed by atoms with Crippen LogP contribution in [0.1, 0.15) is 30.0 Å². The third kappa shape index (κ3) is 2.81. The van der Waals surface area contributed by atoms with Crippen molar-refractivity contribution in [2.24, 2.45) is 7.05 Å². The highest BCUT2D eigenvalue weighted by Gasteiger charge is 2.24. The first kappa shape index (κ1) is 16.0. The monoisotopic (exact) mass is 362 g/mol. The lowest BCUT2D eigenvalue weighted by atomic mass is 9.94. The lowest BCUT2D eigenvalue weighted by molar-refractivity contribution is 0.197. The number of aryl methyl sites for hydroxylation is 1. The lowest BCUT2D eigenvalue weighted by Crippen LogP contribution is -2.34. The maximum atomic E-state index is 4.53. The number of benzene rings is 1. The van der Waals surface area contributed by atoms with Gasteiger partial charge in [0.2, 0.25) is 0 Å². The fraction of sp³-hybridized carbons (Fsp3) is 0.333. The highest BCUT2D eigenvalue weighted by molar-refractivity contribution is 7.16. The summed E-state index contributed by atoms with van der Waals surface area (Å²) in [7, 11) is 2.18. The van der Waals surface area contributed by atoms with Gasteiger partial charge in [-0.2, -0.15) is 0 Å². The molecular formula is C21H22N4S. The van der Waals surface area contributed by atoms with Gasteiger partial charge in [-0.3, -0.25) is 9.88 Å². The average molecular weight is 363 g/mol. The molecule has 4 aromatic rings. The minimum atomic E-state index is 0.575. The Kier molecular flexibility index (Phi) is 3.98. The van der Waals surface area contributed by atoms with Crippen molar-refractivity contribution in [3.05, 3.63) is 59.4 Å². The number of piperidine rings is 1. The number of thiazole rings is 1. The van der Waals surface area contributed by atoms with Crippen LogP contribution < -0.4 is 0 Å². The molecule has 5 heteroatoms. The Hall–Kier alpha value is -2.24. The van der Waals surface area contributed by atoms with Crippen LogP contribution in [-0.2, 0) is 13.6 Å². The van der Waals surface area contributed by atoms with Crippen LogP contribution in [0.15, 0.2) is 48.1 Å². The Morgan fingerprint density at radius 2 is 2.12 bits per heavy atom. The van der Waals surface area contributed by atoms with E-state index in [4.69, 9.17) is 0 Å². The molecule has 0 spiro atoms. The van der Waals surface area contributed by atoms with Crippen molar-refractivity contribution in [3.8, 4) is 0 Å². The van der Waals surface area contributed by atoms with Crippen LogP contribution in [-0.4, -0.2) is 32.5 Å². The molecular weight excluding hydrogens is 340 g/mol. The Labute approximate surface area is 157 Å². The summed E-state index contributed by atoms with van der Waals surface area (Å²) in [6.45, 7) is 3.29. The van der Waals surface area contributed by atoms with Gasteiger partial charge in [-0.05, 0) is 55.3 Å². The molecule has 1 aliphatic rings. The van der Waals surface area contributed by atoms with Gasteiger partial charge < -0.3 is 4.57 Å². The van der Waals surface area contributed by atoms with Crippen molar-refractivity contribution in [2.75, 3.05) is 13.1 Å². The van der Waals surface area contributed by atoms with Gasteiger partial charge in [-0.1, -0.05) is 6.07 Å². The second-order valence-electron chi connectivity index (χ2n) is 7.26. The maximum absolute atomic E-state index is 4.53. The van der Waals surface area contributed by atoms with Crippen molar-refractivity contribution < 1.29 is 0 Å². The summed E-state index contributed by atoms with van der Waals surface area (Å²) in [5, 5.41) is 0. The highest BCUT2D eigenvalue weighted by Crippen LogP contribution is 2.31. The number of nitrogens with zero attached hydrogens (tertiary/aromatic N) is 4. The van der Waals surface area contributed by atoms with Crippen LogP contribution >= 0.6 is 11.3 Å². The Balaban J connectivity index is 1.37. The molecule has 132 valence electrons. The second kappa shape index (κ2) is 6.49. The second-order valence-corrected chi connectivity index (χ2v) is 8.15. The van der Waals surface area contributed by atoms with E-state index >= 15 is 0 Å².